The van der Waals surface area contributed by atoms with Gasteiger partial charge >= 0.3 is 0 Å². The molecule has 1 heterocycles. The topological polar surface area (TPSA) is 34.0 Å². The van der Waals surface area contributed by atoms with E-state index in [2.05, 4.69) is 63.1 Å². The highest BCUT2D eigenvalue weighted by Gasteiger charge is 2.21. The molecule has 4 heteroatoms. The SMILES string of the molecule is CCN(C)Cc1cn(CC(C)(C)CC(C)C)nn1. The van der Waals surface area contributed by atoms with Crippen molar-refractivity contribution >= 4 is 0 Å². The molecule has 0 spiro atoms. The predicted molar refractivity (Wildman–Crippen MR) is 75.3 cm³/mol. The zero-order valence-corrected chi connectivity index (χ0v) is 12.8. The molecule has 0 fully saturated rings. The first-order chi connectivity index (χ1) is 8.32. The van der Waals surface area contributed by atoms with Crippen LogP contribution in [0.1, 0.15) is 46.7 Å². The summed E-state index contributed by atoms with van der Waals surface area (Å²) in [6.45, 7) is 14.1. The number of hydrogen-bond acceptors (Lipinski definition) is 3. The van der Waals surface area contributed by atoms with Crippen LogP contribution in [0.25, 0.3) is 0 Å². The summed E-state index contributed by atoms with van der Waals surface area (Å²) in [5.41, 5.74) is 1.33. The predicted octanol–water partition coefficient (Wildman–Crippen LogP) is 2.80. The Morgan fingerprint density at radius 2 is 2.06 bits per heavy atom. The summed E-state index contributed by atoms with van der Waals surface area (Å²) in [7, 11) is 2.10. The molecular weight excluding hydrogens is 224 g/mol. The van der Waals surface area contributed by atoms with E-state index in [1.807, 2.05) is 4.68 Å². The van der Waals surface area contributed by atoms with E-state index in [0.29, 0.717) is 5.92 Å². The summed E-state index contributed by atoms with van der Waals surface area (Å²) < 4.78 is 1.99. The third-order valence-electron chi connectivity index (χ3n) is 3.11. The van der Waals surface area contributed by atoms with Crippen LogP contribution in [0.3, 0.4) is 0 Å². The molecule has 0 aromatic carbocycles. The van der Waals surface area contributed by atoms with Gasteiger partial charge in [-0.15, -0.1) is 5.10 Å². The molecule has 4 nitrogen and oxygen atoms in total. The Hall–Kier alpha value is -0.900. The van der Waals surface area contributed by atoms with Gasteiger partial charge in [0.25, 0.3) is 0 Å². The smallest absolute Gasteiger partial charge is 0.0967 e. The van der Waals surface area contributed by atoms with Crippen molar-refractivity contribution in [1.29, 1.82) is 0 Å². The van der Waals surface area contributed by atoms with Crippen molar-refractivity contribution in [3.05, 3.63) is 11.9 Å². The molecule has 0 saturated heterocycles. The second-order valence-corrected chi connectivity index (χ2v) is 6.50. The highest BCUT2D eigenvalue weighted by molar-refractivity contribution is 4.92. The van der Waals surface area contributed by atoms with Crippen molar-refractivity contribution in [2.75, 3.05) is 13.6 Å². The fourth-order valence-corrected chi connectivity index (χ4v) is 2.48. The lowest BCUT2D eigenvalue weighted by atomic mass is 9.84. The van der Waals surface area contributed by atoms with Gasteiger partial charge in [0.05, 0.1) is 5.69 Å². The molecule has 104 valence electrons. The van der Waals surface area contributed by atoms with Gasteiger partial charge in [0, 0.05) is 19.3 Å². The first-order valence-electron chi connectivity index (χ1n) is 6.90. The zero-order valence-electron chi connectivity index (χ0n) is 12.8. The third-order valence-corrected chi connectivity index (χ3v) is 3.11. The zero-order chi connectivity index (χ0) is 13.8. The van der Waals surface area contributed by atoms with Crippen LogP contribution in [-0.4, -0.2) is 33.5 Å². The van der Waals surface area contributed by atoms with Crippen molar-refractivity contribution in [3.63, 3.8) is 0 Å². The maximum absolute atomic E-state index is 4.24. The number of hydrogen-bond donors (Lipinski definition) is 0. The molecule has 0 bridgehead atoms. The van der Waals surface area contributed by atoms with Crippen molar-refractivity contribution < 1.29 is 0 Å². The van der Waals surface area contributed by atoms with Crippen molar-refractivity contribution in [2.45, 2.75) is 54.1 Å². The van der Waals surface area contributed by atoms with Gasteiger partial charge in [-0.1, -0.05) is 39.8 Å². The van der Waals surface area contributed by atoms with E-state index >= 15 is 0 Å². The fourth-order valence-electron chi connectivity index (χ4n) is 2.48. The maximum Gasteiger partial charge on any atom is 0.0967 e. The van der Waals surface area contributed by atoms with E-state index in [1.165, 1.54) is 6.42 Å². The Bertz CT molecular complexity index is 354. The molecular formula is C14H28N4. The summed E-state index contributed by atoms with van der Waals surface area (Å²) >= 11 is 0. The second-order valence-electron chi connectivity index (χ2n) is 6.50. The van der Waals surface area contributed by atoms with E-state index < -0.39 is 0 Å². The molecule has 0 atom stereocenters. The minimum atomic E-state index is 0.274. The first-order valence-corrected chi connectivity index (χ1v) is 6.90. The highest BCUT2D eigenvalue weighted by Crippen LogP contribution is 2.26. The average Bonchev–Trinajstić information content (AvgIpc) is 2.62. The van der Waals surface area contributed by atoms with Crippen molar-refractivity contribution in [1.82, 2.24) is 19.9 Å². The molecule has 18 heavy (non-hydrogen) atoms. The molecule has 0 aliphatic rings. The highest BCUT2D eigenvalue weighted by atomic mass is 15.4. The fraction of sp³-hybridized carbons (Fsp3) is 0.857. The lowest BCUT2D eigenvalue weighted by Crippen LogP contribution is -2.22. The molecule has 1 rings (SSSR count). The molecule has 0 N–H and O–H groups in total. The summed E-state index contributed by atoms with van der Waals surface area (Å²) in [4.78, 5) is 2.23. The van der Waals surface area contributed by atoms with Crippen LogP contribution in [-0.2, 0) is 13.1 Å². The van der Waals surface area contributed by atoms with Gasteiger partial charge in [-0.05, 0) is 31.3 Å². The van der Waals surface area contributed by atoms with Gasteiger partial charge in [-0.2, -0.15) is 0 Å². The van der Waals surface area contributed by atoms with Crippen LogP contribution in [0.4, 0.5) is 0 Å². The van der Waals surface area contributed by atoms with Crippen LogP contribution in [0, 0.1) is 11.3 Å². The molecule has 0 unspecified atom stereocenters. The summed E-state index contributed by atoms with van der Waals surface area (Å²) in [6.07, 6.45) is 3.28. The van der Waals surface area contributed by atoms with Gasteiger partial charge in [0.15, 0.2) is 0 Å². The Labute approximate surface area is 111 Å². The molecule has 0 aliphatic carbocycles. The van der Waals surface area contributed by atoms with E-state index in [9.17, 15) is 0 Å². The van der Waals surface area contributed by atoms with Crippen LogP contribution in [0.2, 0.25) is 0 Å². The Morgan fingerprint density at radius 3 is 2.61 bits per heavy atom. The molecule has 0 amide bonds. The second kappa shape index (κ2) is 6.32. The van der Waals surface area contributed by atoms with Gasteiger partial charge in [0.1, 0.15) is 0 Å². The third kappa shape index (κ3) is 5.17. The van der Waals surface area contributed by atoms with Gasteiger partial charge < -0.3 is 4.90 Å². The lowest BCUT2D eigenvalue weighted by Gasteiger charge is -2.26. The average molecular weight is 252 g/mol. The maximum atomic E-state index is 4.24. The number of rotatable bonds is 7. The van der Waals surface area contributed by atoms with E-state index in [0.717, 1.165) is 25.3 Å². The molecule has 1 aromatic rings. The number of aromatic nitrogens is 3. The standard InChI is InChI=1S/C14H28N4/c1-7-17(6)9-13-10-18(16-15-13)11-14(4,5)8-12(2)3/h10,12H,7-9,11H2,1-6H3. The Balaban J connectivity index is 2.58. The molecule has 0 aliphatic heterocycles. The van der Waals surface area contributed by atoms with Crippen LogP contribution >= 0.6 is 0 Å². The molecule has 1 aromatic heterocycles. The van der Waals surface area contributed by atoms with E-state index in [4.69, 9.17) is 0 Å². The van der Waals surface area contributed by atoms with Crippen LogP contribution in [0.15, 0.2) is 6.20 Å². The normalized spacial score (nSPS) is 12.7. The lowest BCUT2D eigenvalue weighted by molar-refractivity contribution is 0.233. The van der Waals surface area contributed by atoms with E-state index in [1.54, 1.807) is 0 Å². The van der Waals surface area contributed by atoms with E-state index in [-0.39, 0.29) is 5.41 Å². The Morgan fingerprint density at radius 1 is 1.39 bits per heavy atom. The quantitative estimate of drug-likeness (QED) is 0.748. The van der Waals surface area contributed by atoms with Gasteiger partial charge in [-0.3, -0.25) is 4.68 Å². The van der Waals surface area contributed by atoms with Crippen LogP contribution in [0.5, 0.6) is 0 Å². The van der Waals surface area contributed by atoms with Gasteiger partial charge in [0.2, 0.25) is 0 Å². The first kappa shape index (κ1) is 15.2. The van der Waals surface area contributed by atoms with Crippen molar-refractivity contribution in [2.24, 2.45) is 11.3 Å². The molecule has 0 saturated carbocycles. The minimum Gasteiger partial charge on any atom is -0.301 e. The van der Waals surface area contributed by atoms with Gasteiger partial charge in [-0.25, -0.2) is 0 Å². The molecule has 0 radical (unpaired) electrons. The monoisotopic (exact) mass is 252 g/mol. The number of nitrogens with zero attached hydrogens (tertiary/aromatic N) is 4. The minimum absolute atomic E-state index is 0.274. The Kier molecular flexibility index (Phi) is 5.32. The largest absolute Gasteiger partial charge is 0.301 e. The summed E-state index contributed by atoms with van der Waals surface area (Å²) in [5.74, 6) is 0.717. The van der Waals surface area contributed by atoms with Crippen molar-refractivity contribution in [3.8, 4) is 0 Å². The summed E-state index contributed by atoms with van der Waals surface area (Å²) in [6, 6.07) is 0. The summed E-state index contributed by atoms with van der Waals surface area (Å²) in [5, 5.41) is 8.47. The van der Waals surface area contributed by atoms with Crippen LogP contribution < -0.4 is 0 Å².